The van der Waals surface area contributed by atoms with Crippen LogP contribution < -0.4 is 0 Å². The average Bonchev–Trinajstić information content (AvgIpc) is 2.08. The predicted molar refractivity (Wildman–Crippen MR) is 56.5 cm³/mol. The molecule has 1 fully saturated rings. The lowest BCUT2D eigenvalue weighted by Crippen LogP contribution is -2.44. The van der Waals surface area contributed by atoms with Crippen LogP contribution in [0.5, 0.6) is 0 Å². The van der Waals surface area contributed by atoms with Crippen molar-refractivity contribution in [1.29, 1.82) is 0 Å². The van der Waals surface area contributed by atoms with Crippen LogP contribution in [0.4, 0.5) is 0 Å². The Labute approximate surface area is 81.2 Å². The fourth-order valence-corrected chi connectivity index (χ4v) is 1.31. The van der Waals surface area contributed by atoms with E-state index in [0.717, 1.165) is 38.3 Å². The SMILES string of the molecule is C=C(C)C#CCN1CCN(C)CC1. The Morgan fingerprint density at radius 3 is 2.46 bits per heavy atom. The van der Waals surface area contributed by atoms with Crippen molar-refractivity contribution in [1.82, 2.24) is 9.80 Å². The molecular formula is C11H18N2. The molecule has 72 valence electrons. The summed E-state index contributed by atoms with van der Waals surface area (Å²) in [5, 5.41) is 0. The van der Waals surface area contributed by atoms with Gasteiger partial charge in [-0.05, 0) is 19.5 Å². The van der Waals surface area contributed by atoms with E-state index < -0.39 is 0 Å². The lowest BCUT2D eigenvalue weighted by molar-refractivity contribution is 0.168. The zero-order valence-corrected chi connectivity index (χ0v) is 8.64. The van der Waals surface area contributed by atoms with E-state index in [0.29, 0.717) is 0 Å². The molecule has 1 rings (SSSR count). The van der Waals surface area contributed by atoms with Crippen LogP contribution in [0, 0.1) is 11.8 Å². The van der Waals surface area contributed by atoms with E-state index in [-0.39, 0.29) is 0 Å². The van der Waals surface area contributed by atoms with E-state index >= 15 is 0 Å². The van der Waals surface area contributed by atoms with Gasteiger partial charge in [0.1, 0.15) is 0 Å². The van der Waals surface area contributed by atoms with Gasteiger partial charge in [-0.25, -0.2) is 0 Å². The van der Waals surface area contributed by atoms with Crippen LogP contribution in [-0.4, -0.2) is 49.6 Å². The van der Waals surface area contributed by atoms with Crippen molar-refractivity contribution in [2.45, 2.75) is 6.92 Å². The van der Waals surface area contributed by atoms with E-state index in [1.54, 1.807) is 0 Å². The van der Waals surface area contributed by atoms with Gasteiger partial charge >= 0.3 is 0 Å². The summed E-state index contributed by atoms with van der Waals surface area (Å²) in [4.78, 5) is 4.73. The van der Waals surface area contributed by atoms with Gasteiger partial charge in [0.25, 0.3) is 0 Å². The zero-order valence-electron chi connectivity index (χ0n) is 8.64. The second kappa shape index (κ2) is 5.06. The van der Waals surface area contributed by atoms with Crippen LogP contribution in [0.15, 0.2) is 12.2 Å². The number of likely N-dealkylation sites (N-methyl/N-ethyl adjacent to an activating group) is 1. The highest BCUT2D eigenvalue weighted by Gasteiger charge is 2.11. The van der Waals surface area contributed by atoms with Crippen LogP contribution in [0.3, 0.4) is 0 Å². The molecule has 13 heavy (non-hydrogen) atoms. The summed E-state index contributed by atoms with van der Waals surface area (Å²) in [6.45, 7) is 11.2. The first-order valence-electron chi connectivity index (χ1n) is 4.74. The molecule has 1 aliphatic heterocycles. The van der Waals surface area contributed by atoms with Crippen LogP contribution in [0.1, 0.15) is 6.92 Å². The van der Waals surface area contributed by atoms with E-state index in [2.05, 4.69) is 35.3 Å². The molecule has 0 amide bonds. The summed E-state index contributed by atoms with van der Waals surface area (Å²) < 4.78 is 0. The summed E-state index contributed by atoms with van der Waals surface area (Å²) in [5.74, 6) is 6.13. The third-order valence-electron chi connectivity index (χ3n) is 2.20. The molecule has 1 saturated heterocycles. The number of hydrogen-bond acceptors (Lipinski definition) is 2. The normalized spacial score (nSPS) is 19.2. The molecule has 1 heterocycles. The van der Waals surface area contributed by atoms with Crippen molar-refractivity contribution in [3.05, 3.63) is 12.2 Å². The number of nitrogens with zero attached hydrogens (tertiary/aromatic N) is 2. The largest absolute Gasteiger partial charge is 0.304 e. The minimum absolute atomic E-state index is 0.890. The van der Waals surface area contributed by atoms with Gasteiger partial charge in [-0.2, -0.15) is 0 Å². The van der Waals surface area contributed by atoms with Gasteiger partial charge < -0.3 is 4.90 Å². The average molecular weight is 178 g/mol. The molecule has 2 nitrogen and oxygen atoms in total. The molecule has 0 N–H and O–H groups in total. The second-order valence-electron chi connectivity index (χ2n) is 3.66. The molecule has 0 aromatic rings. The summed E-state index contributed by atoms with van der Waals surface area (Å²) in [6.07, 6.45) is 0. The fraction of sp³-hybridized carbons (Fsp3) is 0.636. The molecule has 0 saturated carbocycles. The van der Waals surface area contributed by atoms with Gasteiger partial charge in [0, 0.05) is 26.2 Å². The van der Waals surface area contributed by atoms with Crippen LogP contribution in [0.2, 0.25) is 0 Å². The number of hydrogen-bond donors (Lipinski definition) is 0. The van der Waals surface area contributed by atoms with Crippen molar-refractivity contribution < 1.29 is 0 Å². The van der Waals surface area contributed by atoms with E-state index in [1.165, 1.54) is 0 Å². The Bertz CT molecular complexity index is 226. The maximum absolute atomic E-state index is 3.75. The first-order valence-corrected chi connectivity index (χ1v) is 4.74. The van der Waals surface area contributed by atoms with Crippen LogP contribution in [-0.2, 0) is 0 Å². The summed E-state index contributed by atoms with van der Waals surface area (Å²) in [5.41, 5.74) is 0.953. The van der Waals surface area contributed by atoms with Gasteiger partial charge in [-0.3, -0.25) is 4.90 Å². The predicted octanol–water partition coefficient (Wildman–Crippen LogP) is 0.813. The Kier molecular flexibility index (Phi) is 4.01. The molecule has 0 radical (unpaired) electrons. The van der Waals surface area contributed by atoms with Crippen LogP contribution >= 0.6 is 0 Å². The Hall–Kier alpha value is -0.780. The Morgan fingerprint density at radius 2 is 1.92 bits per heavy atom. The van der Waals surface area contributed by atoms with Gasteiger partial charge in [0.15, 0.2) is 0 Å². The molecule has 0 aromatic carbocycles. The molecule has 2 heteroatoms. The topological polar surface area (TPSA) is 6.48 Å². The third kappa shape index (κ3) is 4.12. The second-order valence-corrected chi connectivity index (χ2v) is 3.66. The maximum atomic E-state index is 3.75. The van der Waals surface area contributed by atoms with E-state index in [1.807, 2.05) is 6.92 Å². The molecule has 0 aromatic heterocycles. The van der Waals surface area contributed by atoms with Crippen molar-refractivity contribution in [3.63, 3.8) is 0 Å². The fourth-order valence-electron chi connectivity index (χ4n) is 1.31. The zero-order chi connectivity index (χ0) is 9.68. The quantitative estimate of drug-likeness (QED) is 0.548. The van der Waals surface area contributed by atoms with Crippen molar-refractivity contribution in [2.75, 3.05) is 39.8 Å². The van der Waals surface area contributed by atoms with Crippen molar-refractivity contribution in [2.24, 2.45) is 0 Å². The highest BCUT2D eigenvalue weighted by Crippen LogP contribution is 1.97. The first kappa shape index (κ1) is 10.3. The summed E-state index contributed by atoms with van der Waals surface area (Å²) in [6, 6.07) is 0. The monoisotopic (exact) mass is 178 g/mol. The minimum atomic E-state index is 0.890. The van der Waals surface area contributed by atoms with Gasteiger partial charge in [-0.15, -0.1) is 0 Å². The maximum Gasteiger partial charge on any atom is 0.0606 e. The van der Waals surface area contributed by atoms with Crippen LogP contribution in [0.25, 0.3) is 0 Å². The molecule has 1 aliphatic rings. The number of piperazine rings is 1. The highest BCUT2D eigenvalue weighted by atomic mass is 15.2. The molecule has 0 spiro atoms. The van der Waals surface area contributed by atoms with Crippen molar-refractivity contribution >= 4 is 0 Å². The smallest absolute Gasteiger partial charge is 0.0606 e. The summed E-state index contributed by atoms with van der Waals surface area (Å²) >= 11 is 0. The van der Waals surface area contributed by atoms with E-state index in [4.69, 9.17) is 0 Å². The summed E-state index contributed by atoms with van der Waals surface area (Å²) in [7, 11) is 2.16. The molecule has 0 atom stereocenters. The van der Waals surface area contributed by atoms with E-state index in [9.17, 15) is 0 Å². The van der Waals surface area contributed by atoms with Gasteiger partial charge in [0.2, 0.25) is 0 Å². The molecule has 0 unspecified atom stereocenters. The first-order chi connectivity index (χ1) is 6.18. The Balaban J connectivity index is 2.24. The molecule has 0 aliphatic carbocycles. The third-order valence-corrected chi connectivity index (χ3v) is 2.20. The highest BCUT2D eigenvalue weighted by molar-refractivity contribution is 5.23. The number of rotatable bonds is 1. The van der Waals surface area contributed by atoms with Crippen molar-refractivity contribution in [3.8, 4) is 11.8 Å². The lowest BCUT2D eigenvalue weighted by Gasteiger charge is -2.30. The minimum Gasteiger partial charge on any atom is -0.304 e. The van der Waals surface area contributed by atoms with Gasteiger partial charge in [-0.1, -0.05) is 18.4 Å². The molecular weight excluding hydrogens is 160 g/mol. The molecule has 0 bridgehead atoms. The lowest BCUT2D eigenvalue weighted by atomic mass is 10.3. The Morgan fingerprint density at radius 1 is 1.31 bits per heavy atom. The standard InChI is InChI=1S/C11H18N2/c1-11(2)5-4-6-13-9-7-12(3)8-10-13/h1,6-10H2,2-3H3. The van der Waals surface area contributed by atoms with Gasteiger partial charge in [0.05, 0.1) is 6.54 Å². The number of allylic oxidation sites excluding steroid dienone is 1.